The second kappa shape index (κ2) is 5.41. The zero-order valence-electron chi connectivity index (χ0n) is 9.52. The number of aromatic nitrogens is 1. The number of nitrogens with one attached hydrogen (secondary N) is 1. The van der Waals surface area contributed by atoms with Gasteiger partial charge in [-0.3, -0.25) is 9.78 Å². The van der Waals surface area contributed by atoms with Gasteiger partial charge in [0.25, 0.3) is 0 Å². The van der Waals surface area contributed by atoms with E-state index < -0.39 is 0 Å². The van der Waals surface area contributed by atoms with Gasteiger partial charge in [0.2, 0.25) is 5.91 Å². The predicted octanol–water partition coefficient (Wildman–Crippen LogP) is 1.20. The second-order valence-corrected chi connectivity index (χ2v) is 3.81. The molecule has 0 radical (unpaired) electrons. The Morgan fingerprint density at radius 1 is 1.29 bits per heavy atom. The molecule has 4 nitrogen and oxygen atoms in total. The van der Waals surface area contributed by atoms with E-state index in [4.69, 9.17) is 5.73 Å². The molecule has 0 aliphatic rings. The van der Waals surface area contributed by atoms with Gasteiger partial charge in [0.15, 0.2) is 0 Å². The molecule has 0 unspecified atom stereocenters. The van der Waals surface area contributed by atoms with Crippen molar-refractivity contribution in [2.45, 2.75) is 13.0 Å². The fourth-order valence-corrected chi connectivity index (χ4v) is 1.72. The van der Waals surface area contributed by atoms with Crippen LogP contribution in [-0.4, -0.2) is 17.4 Å². The Balaban J connectivity index is 2.16. The Hall–Kier alpha value is -1.94. The third-order valence-electron chi connectivity index (χ3n) is 2.56. The zero-order valence-corrected chi connectivity index (χ0v) is 9.52. The van der Waals surface area contributed by atoms with Gasteiger partial charge in [-0.2, -0.15) is 0 Å². The lowest BCUT2D eigenvalue weighted by molar-refractivity contribution is -0.121. The maximum absolute atomic E-state index is 11.3. The minimum atomic E-state index is -0.0274. The van der Waals surface area contributed by atoms with Crippen LogP contribution in [0.2, 0.25) is 0 Å². The van der Waals surface area contributed by atoms with Gasteiger partial charge in [-0.25, -0.2) is 0 Å². The fourth-order valence-electron chi connectivity index (χ4n) is 1.72. The summed E-state index contributed by atoms with van der Waals surface area (Å²) in [5.41, 5.74) is 7.27. The number of amides is 1. The zero-order chi connectivity index (χ0) is 12.1. The first-order valence-corrected chi connectivity index (χ1v) is 5.60. The molecule has 0 saturated heterocycles. The highest BCUT2D eigenvalue weighted by atomic mass is 16.1. The van der Waals surface area contributed by atoms with Crippen LogP contribution in [0.4, 0.5) is 0 Å². The monoisotopic (exact) mass is 229 g/mol. The molecular weight excluding hydrogens is 214 g/mol. The number of pyridine rings is 1. The summed E-state index contributed by atoms with van der Waals surface area (Å²) >= 11 is 0. The Morgan fingerprint density at radius 3 is 2.94 bits per heavy atom. The molecule has 0 aliphatic heterocycles. The van der Waals surface area contributed by atoms with Crippen LogP contribution < -0.4 is 11.1 Å². The largest absolute Gasteiger partial charge is 0.352 e. The average Bonchev–Trinajstić information content (AvgIpc) is 2.36. The maximum Gasteiger partial charge on any atom is 0.221 e. The van der Waals surface area contributed by atoms with Crippen molar-refractivity contribution >= 4 is 16.8 Å². The van der Waals surface area contributed by atoms with E-state index in [-0.39, 0.29) is 5.91 Å². The molecule has 2 aromatic rings. The van der Waals surface area contributed by atoms with Crippen LogP contribution in [0.3, 0.4) is 0 Å². The number of carbonyl (C=O) groups is 1. The highest BCUT2D eigenvalue weighted by Gasteiger charge is 2.03. The quantitative estimate of drug-likeness (QED) is 0.827. The molecule has 1 amide bonds. The van der Waals surface area contributed by atoms with Crippen molar-refractivity contribution in [2.24, 2.45) is 5.73 Å². The van der Waals surface area contributed by atoms with E-state index in [0.29, 0.717) is 19.5 Å². The van der Waals surface area contributed by atoms with Crippen LogP contribution in [-0.2, 0) is 11.3 Å². The summed E-state index contributed by atoms with van der Waals surface area (Å²) in [5.74, 6) is -0.0274. The average molecular weight is 229 g/mol. The van der Waals surface area contributed by atoms with Crippen LogP contribution in [0.25, 0.3) is 10.9 Å². The summed E-state index contributed by atoms with van der Waals surface area (Å²) in [6.45, 7) is 0.868. The molecule has 0 fully saturated rings. The molecule has 3 N–H and O–H groups in total. The van der Waals surface area contributed by atoms with Gasteiger partial charge in [0.1, 0.15) is 0 Å². The Kier molecular flexibility index (Phi) is 3.67. The van der Waals surface area contributed by atoms with E-state index in [1.54, 1.807) is 6.20 Å². The fraction of sp³-hybridized carbons (Fsp3) is 0.231. The predicted molar refractivity (Wildman–Crippen MR) is 67.3 cm³/mol. The smallest absolute Gasteiger partial charge is 0.221 e. The second-order valence-electron chi connectivity index (χ2n) is 3.81. The minimum absolute atomic E-state index is 0.0274. The van der Waals surface area contributed by atoms with Crippen LogP contribution in [0.1, 0.15) is 12.0 Å². The van der Waals surface area contributed by atoms with Crippen molar-refractivity contribution in [3.63, 3.8) is 0 Å². The van der Waals surface area contributed by atoms with Crippen LogP contribution in [0.15, 0.2) is 36.5 Å². The molecule has 1 heterocycles. The molecule has 1 aromatic carbocycles. The molecule has 0 bridgehead atoms. The number of para-hydroxylation sites is 1. The Labute approximate surface area is 99.8 Å². The molecule has 0 saturated carbocycles. The highest BCUT2D eigenvalue weighted by Crippen LogP contribution is 2.15. The van der Waals surface area contributed by atoms with E-state index >= 15 is 0 Å². The van der Waals surface area contributed by atoms with Crippen molar-refractivity contribution < 1.29 is 4.79 Å². The van der Waals surface area contributed by atoms with Crippen LogP contribution in [0, 0.1) is 0 Å². The van der Waals surface area contributed by atoms with Gasteiger partial charge >= 0.3 is 0 Å². The van der Waals surface area contributed by atoms with E-state index in [1.807, 2.05) is 30.3 Å². The van der Waals surface area contributed by atoms with Crippen molar-refractivity contribution in [2.75, 3.05) is 6.54 Å². The number of carbonyl (C=O) groups excluding carboxylic acids is 1. The molecule has 0 aliphatic carbocycles. The van der Waals surface area contributed by atoms with E-state index in [1.165, 1.54) is 0 Å². The first-order chi connectivity index (χ1) is 8.31. The van der Waals surface area contributed by atoms with E-state index in [0.717, 1.165) is 16.5 Å². The number of fused-ring (bicyclic) bond motifs is 1. The molecular formula is C13H15N3O. The lowest BCUT2D eigenvalue weighted by atomic mass is 10.1. The number of nitrogens with two attached hydrogens (primary N) is 1. The minimum Gasteiger partial charge on any atom is -0.352 e. The summed E-state index contributed by atoms with van der Waals surface area (Å²) < 4.78 is 0. The highest BCUT2D eigenvalue weighted by molar-refractivity contribution is 5.82. The van der Waals surface area contributed by atoms with Gasteiger partial charge in [-0.15, -0.1) is 0 Å². The first kappa shape index (κ1) is 11.5. The van der Waals surface area contributed by atoms with Gasteiger partial charge in [-0.1, -0.05) is 24.3 Å². The number of hydrogen-bond acceptors (Lipinski definition) is 3. The third kappa shape index (κ3) is 2.79. The molecule has 1 aromatic heterocycles. The normalized spacial score (nSPS) is 10.4. The molecule has 0 atom stereocenters. The topological polar surface area (TPSA) is 68.0 Å². The summed E-state index contributed by atoms with van der Waals surface area (Å²) in [4.78, 5) is 15.7. The van der Waals surface area contributed by atoms with E-state index in [2.05, 4.69) is 10.3 Å². The summed E-state index contributed by atoms with van der Waals surface area (Å²) in [6.07, 6.45) is 2.12. The summed E-state index contributed by atoms with van der Waals surface area (Å²) in [5, 5.41) is 3.91. The van der Waals surface area contributed by atoms with Crippen molar-refractivity contribution in [1.82, 2.24) is 10.3 Å². The number of benzene rings is 1. The van der Waals surface area contributed by atoms with Crippen molar-refractivity contribution in [3.8, 4) is 0 Å². The molecule has 2 rings (SSSR count). The first-order valence-electron chi connectivity index (χ1n) is 5.60. The van der Waals surface area contributed by atoms with Gasteiger partial charge < -0.3 is 11.1 Å². The third-order valence-corrected chi connectivity index (χ3v) is 2.56. The maximum atomic E-state index is 11.3. The van der Waals surface area contributed by atoms with Crippen molar-refractivity contribution in [1.29, 1.82) is 0 Å². The molecule has 17 heavy (non-hydrogen) atoms. The Bertz CT molecular complexity index is 520. The summed E-state index contributed by atoms with van der Waals surface area (Å²) in [6, 6.07) is 9.85. The number of rotatable bonds is 4. The van der Waals surface area contributed by atoms with Gasteiger partial charge in [0, 0.05) is 31.1 Å². The number of nitrogens with zero attached hydrogens (tertiary/aromatic N) is 1. The SMILES string of the molecule is NCCC(=O)NCc1cccc2cccnc12. The van der Waals surface area contributed by atoms with Crippen molar-refractivity contribution in [3.05, 3.63) is 42.1 Å². The molecule has 0 spiro atoms. The lowest BCUT2D eigenvalue weighted by Gasteiger charge is -2.07. The molecule has 4 heteroatoms. The van der Waals surface area contributed by atoms with Gasteiger partial charge in [-0.05, 0) is 11.6 Å². The summed E-state index contributed by atoms with van der Waals surface area (Å²) in [7, 11) is 0. The lowest BCUT2D eigenvalue weighted by Crippen LogP contribution is -2.25. The number of hydrogen-bond donors (Lipinski definition) is 2. The van der Waals surface area contributed by atoms with E-state index in [9.17, 15) is 4.79 Å². The Morgan fingerprint density at radius 2 is 2.12 bits per heavy atom. The van der Waals surface area contributed by atoms with Crippen LogP contribution in [0.5, 0.6) is 0 Å². The van der Waals surface area contributed by atoms with Gasteiger partial charge in [0.05, 0.1) is 5.52 Å². The van der Waals surface area contributed by atoms with Crippen LogP contribution >= 0.6 is 0 Å². The molecule has 88 valence electrons. The standard InChI is InChI=1S/C13H15N3O/c14-7-6-12(17)16-9-11-4-1-3-10-5-2-8-15-13(10)11/h1-5,8H,6-7,9,14H2,(H,16,17).